The van der Waals surface area contributed by atoms with E-state index >= 15 is 0 Å². The first-order valence-corrected chi connectivity index (χ1v) is 8.01. The fraction of sp³-hybridized carbons (Fsp3) is 0.529. The van der Waals surface area contributed by atoms with Gasteiger partial charge in [0.15, 0.2) is 0 Å². The molecule has 24 heavy (non-hydrogen) atoms. The molecule has 2 atom stereocenters. The summed E-state index contributed by atoms with van der Waals surface area (Å²) in [4.78, 5) is 16.0. The third kappa shape index (κ3) is 3.55. The second kappa shape index (κ2) is 7.24. The molecule has 2 saturated heterocycles. The van der Waals surface area contributed by atoms with E-state index in [1.54, 1.807) is 9.80 Å². The van der Waals surface area contributed by atoms with Crippen LogP contribution in [0.1, 0.15) is 17.5 Å². The molecule has 2 fully saturated rings. The lowest BCUT2D eigenvalue weighted by Gasteiger charge is -2.32. The smallest absolute Gasteiger partial charge is 0.240 e. The number of alkyl halides is 1. The number of carbonyl (C=O) groups is 1. The first-order chi connectivity index (χ1) is 11.6. The van der Waals surface area contributed by atoms with Crippen molar-refractivity contribution in [2.24, 2.45) is 0 Å². The number of likely N-dealkylation sites (tertiary alicyclic amines) is 1. The van der Waals surface area contributed by atoms with Crippen molar-refractivity contribution in [3.63, 3.8) is 0 Å². The Morgan fingerprint density at radius 3 is 2.83 bits per heavy atom. The van der Waals surface area contributed by atoms with Crippen LogP contribution in [0.15, 0.2) is 18.2 Å². The van der Waals surface area contributed by atoms with Gasteiger partial charge >= 0.3 is 0 Å². The number of nitriles is 1. The third-order valence-corrected chi connectivity index (χ3v) is 4.51. The summed E-state index contributed by atoms with van der Waals surface area (Å²) in [5, 5.41) is 8.95. The number of hydrogen-bond acceptors (Lipinski definition) is 4. The minimum absolute atomic E-state index is 0.0942. The van der Waals surface area contributed by atoms with Crippen molar-refractivity contribution in [2.75, 3.05) is 32.8 Å². The first-order valence-electron chi connectivity index (χ1n) is 8.01. The van der Waals surface area contributed by atoms with Gasteiger partial charge in [0, 0.05) is 38.2 Å². The van der Waals surface area contributed by atoms with Crippen molar-refractivity contribution in [3.8, 4) is 6.07 Å². The molecular weight excluding hydrogens is 316 g/mol. The second-order valence-corrected chi connectivity index (χ2v) is 6.13. The Morgan fingerprint density at radius 2 is 2.12 bits per heavy atom. The molecule has 7 heteroatoms. The molecule has 0 radical (unpaired) electrons. The predicted molar refractivity (Wildman–Crippen MR) is 82.2 cm³/mol. The van der Waals surface area contributed by atoms with E-state index < -0.39 is 18.0 Å². The molecular formula is C17H19F2N3O2. The molecule has 2 aliphatic heterocycles. The van der Waals surface area contributed by atoms with Crippen LogP contribution in [0.3, 0.4) is 0 Å². The summed E-state index contributed by atoms with van der Waals surface area (Å²) in [7, 11) is 0. The number of halogens is 2. The van der Waals surface area contributed by atoms with Gasteiger partial charge in [-0.3, -0.25) is 9.69 Å². The molecule has 1 amide bonds. The van der Waals surface area contributed by atoms with Crippen molar-refractivity contribution in [1.29, 1.82) is 5.26 Å². The topological polar surface area (TPSA) is 56.6 Å². The van der Waals surface area contributed by atoms with Crippen LogP contribution in [-0.4, -0.2) is 60.8 Å². The van der Waals surface area contributed by atoms with Gasteiger partial charge in [-0.25, -0.2) is 8.78 Å². The van der Waals surface area contributed by atoms with Crippen LogP contribution in [0.25, 0.3) is 0 Å². The number of rotatable bonds is 3. The van der Waals surface area contributed by atoms with Crippen LogP contribution in [0.5, 0.6) is 0 Å². The molecule has 128 valence electrons. The van der Waals surface area contributed by atoms with E-state index in [9.17, 15) is 13.6 Å². The molecule has 0 aliphatic carbocycles. The van der Waals surface area contributed by atoms with Crippen molar-refractivity contribution in [2.45, 2.75) is 25.2 Å². The highest BCUT2D eigenvalue weighted by atomic mass is 19.1. The number of morpholine rings is 1. The van der Waals surface area contributed by atoms with Gasteiger partial charge < -0.3 is 9.64 Å². The van der Waals surface area contributed by atoms with E-state index in [0.29, 0.717) is 37.4 Å². The summed E-state index contributed by atoms with van der Waals surface area (Å²) in [5.74, 6) is -0.579. The van der Waals surface area contributed by atoms with Gasteiger partial charge in [0.2, 0.25) is 5.91 Å². The highest BCUT2D eigenvalue weighted by molar-refractivity contribution is 5.82. The van der Waals surface area contributed by atoms with Gasteiger partial charge in [-0.2, -0.15) is 5.26 Å². The maximum absolute atomic E-state index is 14.0. The van der Waals surface area contributed by atoms with E-state index in [1.807, 2.05) is 6.07 Å². The van der Waals surface area contributed by atoms with Crippen molar-refractivity contribution in [3.05, 3.63) is 35.1 Å². The zero-order chi connectivity index (χ0) is 17.1. The predicted octanol–water partition coefficient (Wildman–Crippen LogP) is 1.47. The number of nitrogens with zero attached hydrogens (tertiary/aromatic N) is 3. The lowest BCUT2D eigenvalue weighted by Crippen LogP contribution is -2.49. The minimum Gasteiger partial charge on any atom is -0.378 e. The molecule has 0 aromatic heterocycles. The van der Waals surface area contributed by atoms with Crippen LogP contribution < -0.4 is 0 Å². The molecule has 1 aromatic rings. The lowest BCUT2D eigenvalue weighted by atomic mass is 10.1. The zero-order valence-electron chi connectivity index (χ0n) is 13.3. The van der Waals surface area contributed by atoms with Crippen molar-refractivity contribution < 1.29 is 18.3 Å². The van der Waals surface area contributed by atoms with Crippen LogP contribution >= 0.6 is 0 Å². The van der Waals surface area contributed by atoms with Crippen LogP contribution in [0, 0.1) is 17.1 Å². The number of hydrogen-bond donors (Lipinski definition) is 0. The third-order valence-electron chi connectivity index (χ3n) is 4.51. The summed E-state index contributed by atoms with van der Waals surface area (Å²) in [6.07, 6.45) is -0.988. The molecule has 0 saturated carbocycles. The fourth-order valence-corrected chi connectivity index (χ4v) is 3.26. The highest BCUT2D eigenvalue weighted by Crippen LogP contribution is 2.25. The summed E-state index contributed by atoms with van der Waals surface area (Å²) in [6, 6.07) is 5.46. The normalized spacial score (nSPS) is 24.8. The number of benzene rings is 1. The number of carbonyl (C=O) groups excluding carboxylic acids is 1. The average Bonchev–Trinajstić information content (AvgIpc) is 2.97. The molecule has 3 rings (SSSR count). The first kappa shape index (κ1) is 16.8. The Hall–Kier alpha value is -2.04. The van der Waals surface area contributed by atoms with E-state index in [-0.39, 0.29) is 25.4 Å². The van der Waals surface area contributed by atoms with Gasteiger partial charge in [-0.15, -0.1) is 0 Å². The molecule has 5 nitrogen and oxygen atoms in total. The molecule has 2 aliphatic rings. The van der Waals surface area contributed by atoms with Gasteiger partial charge in [0.25, 0.3) is 0 Å². The van der Waals surface area contributed by atoms with Gasteiger partial charge in [-0.1, -0.05) is 0 Å². The van der Waals surface area contributed by atoms with E-state index in [2.05, 4.69) is 0 Å². The Bertz CT molecular complexity index is 656. The van der Waals surface area contributed by atoms with Crippen LogP contribution in [0.2, 0.25) is 0 Å². The molecule has 0 unspecified atom stereocenters. The summed E-state index contributed by atoms with van der Waals surface area (Å²) in [5.41, 5.74) is 0.654. The maximum atomic E-state index is 14.0. The van der Waals surface area contributed by atoms with Crippen LogP contribution in [-0.2, 0) is 16.1 Å². The van der Waals surface area contributed by atoms with E-state index in [4.69, 9.17) is 10.00 Å². The molecule has 2 heterocycles. The van der Waals surface area contributed by atoms with Crippen LogP contribution in [0.4, 0.5) is 8.78 Å². The number of amides is 1. The largest absolute Gasteiger partial charge is 0.378 e. The Kier molecular flexibility index (Phi) is 5.07. The van der Waals surface area contributed by atoms with Gasteiger partial charge in [0.1, 0.15) is 12.0 Å². The Balaban J connectivity index is 1.76. The maximum Gasteiger partial charge on any atom is 0.240 e. The zero-order valence-corrected chi connectivity index (χ0v) is 13.3. The molecule has 0 bridgehead atoms. The van der Waals surface area contributed by atoms with E-state index in [0.717, 1.165) is 0 Å². The number of ether oxygens (including phenoxy) is 1. The molecule has 0 spiro atoms. The van der Waals surface area contributed by atoms with E-state index in [1.165, 1.54) is 18.2 Å². The summed E-state index contributed by atoms with van der Waals surface area (Å²) in [6.45, 7) is 2.17. The molecule has 1 aromatic carbocycles. The Labute approximate surface area is 139 Å². The Morgan fingerprint density at radius 1 is 1.38 bits per heavy atom. The van der Waals surface area contributed by atoms with Gasteiger partial charge in [0.05, 0.1) is 30.9 Å². The second-order valence-electron chi connectivity index (χ2n) is 6.13. The summed E-state index contributed by atoms with van der Waals surface area (Å²) >= 11 is 0. The van der Waals surface area contributed by atoms with Gasteiger partial charge in [-0.05, 0) is 18.2 Å². The van der Waals surface area contributed by atoms with Crippen molar-refractivity contribution in [1.82, 2.24) is 9.80 Å². The highest BCUT2D eigenvalue weighted by Gasteiger charge is 2.39. The minimum atomic E-state index is -1.11. The van der Waals surface area contributed by atoms with Crippen molar-refractivity contribution >= 4 is 5.91 Å². The average molecular weight is 335 g/mol. The lowest BCUT2D eigenvalue weighted by molar-refractivity contribution is -0.140. The monoisotopic (exact) mass is 335 g/mol. The summed E-state index contributed by atoms with van der Waals surface area (Å²) < 4.78 is 33.2. The fourth-order valence-electron chi connectivity index (χ4n) is 3.26. The SMILES string of the molecule is N#Cc1ccc(F)c(CN2C[C@H](F)C[C@H]2C(=O)N2CCOCC2)c1. The quantitative estimate of drug-likeness (QED) is 0.839. The molecule has 0 N–H and O–H groups in total. The standard InChI is InChI=1S/C17H19F2N3O2/c18-14-8-16(17(23)21-3-5-24-6-4-21)22(11-14)10-13-7-12(9-20)1-2-15(13)19/h1-2,7,14,16H,3-6,8,10-11H2/t14-,16+/m1/s1.